The van der Waals surface area contributed by atoms with Crippen molar-refractivity contribution in [1.29, 1.82) is 0 Å². The summed E-state index contributed by atoms with van der Waals surface area (Å²) >= 11 is 0. The monoisotopic (exact) mass is 429 g/mol. The van der Waals surface area contributed by atoms with Gasteiger partial charge in [0.25, 0.3) is 0 Å². The van der Waals surface area contributed by atoms with Crippen molar-refractivity contribution in [2.75, 3.05) is 6.54 Å². The molecule has 0 saturated heterocycles. The van der Waals surface area contributed by atoms with Gasteiger partial charge in [0.1, 0.15) is 0 Å². The summed E-state index contributed by atoms with van der Waals surface area (Å²) in [6.45, 7) is 34.1. The first-order chi connectivity index (χ1) is 13.6. The number of nitrogens with one attached hydrogen (secondary N) is 1. The van der Waals surface area contributed by atoms with Gasteiger partial charge in [-0.25, -0.2) is 0 Å². The van der Waals surface area contributed by atoms with Crippen LogP contribution in [0.4, 0.5) is 0 Å². The van der Waals surface area contributed by atoms with Crippen LogP contribution < -0.4 is 5.32 Å². The molecular weight excluding hydrogens is 374 g/mol. The molecule has 0 bridgehead atoms. The summed E-state index contributed by atoms with van der Waals surface area (Å²) in [5, 5.41) is 3.92. The third-order valence-electron chi connectivity index (χ3n) is 6.77. The average Bonchev–Trinajstić information content (AvgIpc) is 2.53. The maximum Gasteiger partial charge on any atom is 0.0377 e. The van der Waals surface area contributed by atoms with Crippen LogP contribution in [0.5, 0.6) is 0 Å². The molecule has 0 aromatic heterocycles. The van der Waals surface area contributed by atoms with Gasteiger partial charge < -0.3 is 5.32 Å². The first-order valence-corrected chi connectivity index (χ1v) is 12.5. The summed E-state index contributed by atoms with van der Waals surface area (Å²) < 4.78 is 0. The Morgan fingerprint density at radius 3 is 1.42 bits per heavy atom. The summed E-state index contributed by atoms with van der Waals surface area (Å²) in [5.41, 5.74) is 4.04. The molecule has 0 amide bonds. The van der Waals surface area contributed by atoms with E-state index in [0.717, 1.165) is 6.54 Å². The predicted molar refractivity (Wildman–Crippen MR) is 141 cm³/mol. The van der Waals surface area contributed by atoms with Gasteiger partial charge in [0.2, 0.25) is 0 Å². The van der Waals surface area contributed by atoms with E-state index in [1.54, 1.807) is 0 Å². The van der Waals surface area contributed by atoms with Crippen molar-refractivity contribution in [1.82, 2.24) is 5.32 Å². The smallest absolute Gasteiger partial charge is 0.0377 e. The molecule has 0 aliphatic heterocycles. The molecule has 2 atom stereocenters. The van der Waals surface area contributed by atoms with Crippen LogP contribution >= 0.6 is 0 Å². The molecule has 0 spiro atoms. The molecule has 0 saturated carbocycles. The lowest BCUT2D eigenvalue weighted by molar-refractivity contribution is 0.150. The molecule has 0 aliphatic rings. The van der Waals surface area contributed by atoms with Crippen LogP contribution in [0.3, 0.4) is 0 Å². The van der Waals surface area contributed by atoms with Gasteiger partial charge in [-0.1, -0.05) is 107 Å². The Hall–Kier alpha value is -0.820. The Morgan fingerprint density at radius 2 is 1.06 bits per heavy atom. The van der Waals surface area contributed by atoms with Crippen molar-refractivity contribution in [2.45, 2.75) is 121 Å². The minimum atomic E-state index is -0.0405. The highest BCUT2D eigenvalue weighted by molar-refractivity contribution is 5.30. The molecule has 2 unspecified atom stereocenters. The zero-order valence-electron chi connectivity index (χ0n) is 23.6. The van der Waals surface area contributed by atoms with E-state index >= 15 is 0 Å². The molecule has 180 valence electrons. The first-order valence-electron chi connectivity index (χ1n) is 12.5. The van der Waals surface area contributed by atoms with Crippen LogP contribution in [0.25, 0.3) is 0 Å². The highest BCUT2D eigenvalue weighted by atomic mass is 15.0. The van der Waals surface area contributed by atoms with Crippen LogP contribution in [-0.4, -0.2) is 6.54 Å². The quantitative estimate of drug-likeness (QED) is 0.455. The lowest BCUT2D eigenvalue weighted by Crippen LogP contribution is -2.43. The Morgan fingerprint density at radius 1 is 0.613 bits per heavy atom. The second kappa shape index (κ2) is 9.58. The molecule has 0 fully saturated rings. The van der Waals surface area contributed by atoms with Crippen LogP contribution in [0.15, 0.2) is 24.3 Å². The van der Waals surface area contributed by atoms with Gasteiger partial charge in [0.15, 0.2) is 0 Å². The SMILES string of the molecule is CC(C)(C)CC(CNC(C)(C)c1ccc(C(CC(C)(C)C)C(C)(C)C)cc1)C(C)(C)C. The Balaban J connectivity index is 3.03. The fourth-order valence-corrected chi connectivity index (χ4v) is 4.57. The maximum atomic E-state index is 3.92. The van der Waals surface area contributed by atoms with Gasteiger partial charge in [-0.2, -0.15) is 0 Å². The molecule has 1 nitrogen and oxygen atoms in total. The Bertz CT molecular complexity index is 666. The number of hydrogen-bond donors (Lipinski definition) is 1. The largest absolute Gasteiger partial charge is 0.308 e. The van der Waals surface area contributed by atoms with Gasteiger partial charge >= 0.3 is 0 Å². The molecule has 1 aromatic carbocycles. The molecule has 1 rings (SSSR count). The number of rotatable bonds is 7. The second-order valence-corrected chi connectivity index (χ2v) is 15.1. The van der Waals surface area contributed by atoms with E-state index in [2.05, 4.69) is 127 Å². The van der Waals surface area contributed by atoms with E-state index in [-0.39, 0.29) is 11.0 Å². The van der Waals surface area contributed by atoms with Crippen molar-refractivity contribution in [3.63, 3.8) is 0 Å². The van der Waals surface area contributed by atoms with E-state index in [1.807, 2.05) is 0 Å². The predicted octanol–water partition coefficient (Wildman–Crippen LogP) is 9.18. The highest BCUT2D eigenvalue weighted by Gasteiger charge is 2.32. The first kappa shape index (κ1) is 28.2. The summed E-state index contributed by atoms with van der Waals surface area (Å²) in [6, 6.07) is 9.49. The van der Waals surface area contributed by atoms with Crippen LogP contribution in [-0.2, 0) is 5.54 Å². The molecule has 0 radical (unpaired) electrons. The van der Waals surface area contributed by atoms with Gasteiger partial charge in [-0.15, -0.1) is 0 Å². The van der Waals surface area contributed by atoms with Gasteiger partial charge in [-0.3, -0.25) is 0 Å². The van der Waals surface area contributed by atoms with Gasteiger partial charge in [0.05, 0.1) is 0 Å². The summed E-state index contributed by atoms with van der Waals surface area (Å²) in [7, 11) is 0. The molecule has 0 heterocycles. The summed E-state index contributed by atoms with van der Waals surface area (Å²) in [4.78, 5) is 0. The fourth-order valence-electron chi connectivity index (χ4n) is 4.57. The van der Waals surface area contributed by atoms with Crippen molar-refractivity contribution in [2.24, 2.45) is 27.6 Å². The van der Waals surface area contributed by atoms with Crippen molar-refractivity contribution in [3.8, 4) is 0 Å². The van der Waals surface area contributed by atoms with E-state index in [1.165, 1.54) is 24.0 Å². The minimum absolute atomic E-state index is 0.0405. The molecule has 1 heteroatoms. The van der Waals surface area contributed by atoms with E-state index in [9.17, 15) is 0 Å². The third-order valence-corrected chi connectivity index (χ3v) is 6.77. The second-order valence-electron chi connectivity index (χ2n) is 15.1. The molecule has 0 aliphatic carbocycles. The normalized spacial score (nSPS) is 16.3. The lowest BCUT2D eigenvalue weighted by atomic mass is 9.69. The molecule has 1 N–H and O–H groups in total. The maximum absolute atomic E-state index is 3.92. The molecule has 31 heavy (non-hydrogen) atoms. The number of hydrogen-bond acceptors (Lipinski definition) is 1. The average molecular weight is 430 g/mol. The van der Waals surface area contributed by atoms with Crippen molar-refractivity contribution in [3.05, 3.63) is 35.4 Å². The number of benzene rings is 1. The van der Waals surface area contributed by atoms with E-state index < -0.39 is 0 Å². The van der Waals surface area contributed by atoms with Crippen molar-refractivity contribution < 1.29 is 0 Å². The van der Waals surface area contributed by atoms with Crippen LogP contribution in [0, 0.1) is 27.6 Å². The Labute approximate surface area is 196 Å². The molecule has 1 aromatic rings. The molecular formula is C30H55N. The van der Waals surface area contributed by atoms with E-state index in [4.69, 9.17) is 0 Å². The third kappa shape index (κ3) is 9.68. The van der Waals surface area contributed by atoms with E-state index in [0.29, 0.717) is 28.1 Å². The standard InChI is InChI=1S/C30H55N/c1-26(2,3)19-24(28(7,8)9)21-31-30(13,14)23-17-15-22(16-18-23)25(29(10,11)12)20-27(4,5)6/h15-18,24-25,31H,19-21H2,1-14H3. The fraction of sp³-hybridized carbons (Fsp3) is 0.800. The summed E-state index contributed by atoms with van der Waals surface area (Å²) in [5.74, 6) is 1.21. The van der Waals surface area contributed by atoms with Crippen LogP contribution in [0.2, 0.25) is 0 Å². The minimum Gasteiger partial charge on any atom is -0.308 e. The topological polar surface area (TPSA) is 12.0 Å². The highest BCUT2D eigenvalue weighted by Crippen LogP contribution is 2.43. The lowest BCUT2D eigenvalue weighted by Gasteiger charge is -2.39. The van der Waals surface area contributed by atoms with Gasteiger partial charge in [0, 0.05) is 5.54 Å². The zero-order chi connectivity index (χ0) is 24.5. The van der Waals surface area contributed by atoms with Gasteiger partial charge in [-0.05, 0) is 77.9 Å². The summed E-state index contributed by atoms with van der Waals surface area (Å²) in [6.07, 6.45) is 2.44. The zero-order valence-corrected chi connectivity index (χ0v) is 23.6. The van der Waals surface area contributed by atoms with Crippen LogP contribution in [0.1, 0.15) is 127 Å². The van der Waals surface area contributed by atoms with Crippen molar-refractivity contribution >= 4 is 0 Å². The Kier molecular flexibility index (Phi) is 8.72.